The Bertz CT molecular complexity index is 493. The second-order valence-corrected chi connectivity index (χ2v) is 3.38. The molecule has 0 aliphatic rings. The number of halogens is 1. The summed E-state index contributed by atoms with van der Waals surface area (Å²) in [6, 6.07) is 5.51. The summed E-state index contributed by atoms with van der Waals surface area (Å²) in [7, 11) is 0. The number of hydrogen-bond acceptors (Lipinski definition) is 3. The summed E-state index contributed by atoms with van der Waals surface area (Å²) in [5.74, 6) is -0.701. The van der Waals surface area contributed by atoms with Crippen molar-refractivity contribution in [3.8, 4) is 0 Å². The first-order chi connectivity index (χ1) is 6.70. The largest absolute Gasteiger partial charge is 0.432 e. The molecular weight excluding hydrogens is 248 g/mol. The van der Waals surface area contributed by atoms with Crippen molar-refractivity contribution in [2.75, 3.05) is 0 Å². The standard InChI is InChI=1S/C9H7BrN2O2/c10-4-5-1-2-7-6(3-5)12-9(14-7)8(11)13/h1-3H,4H2,(H2,11,13). The van der Waals surface area contributed by atoms with Gasteiger partial charge in [0.1, 0.15) is 5.52 Å². The van der Waals surface area contributed by atoms with Crippen LogP contribution in [0.4, 0.5) is 0 Å². The highest BCUT2D eigenvalue weighted by atomic mass is 79.9. The van der Waals surface area contributed by atoms with E-state index in [1.54, 1.807) is 6.07 Å². The van der Waals surface area contributed by atoms with E-state index in [-0.39, 0.29) is 5.89 Å². The predicted octanol–water partition coefficient (Wildman–Crippen LogP) is 1.82. The molecule has 1 aromatic heterocycles. The molecule has 0 aliphatic heterocycles. The Balaban J connectivity index is 2.60. The van der Waals surface area contributed by atoms with Crippen molar-refractivity contribution >= 4 is 32.9 Å². The fourth-order valence-corrected chi connectivity index (χ4v) is 1.51. The van der Waals surface area contributed by atoms with E-state index in [1.165, 1.54) is 0 Å². The van der Waals surface area contributed by atoms with E-state index in [2.05, 4.69) is 20.9 Å². The van der Waals surface area contributed by atoms with Crippen molar-refractivity contribution in [1.29, 1.82) is 0 Å². The molecule has 5 heteroatoms. The van der Waals surface area contributed by atoms with Gasteiger partial charge in [-0.25, -0.2) is 4.98 Å². The molecule has 2 N–H and O–H groups in total. The Kier molecular flexibility index (Phi) is 2.25. The number of hydrogen-bond donors (Lipinski definition) is 1. The third-order valence-electron chi connectivity index (χ3n) is 1.82. The molecule has 1 amide bonds. The van der Waals surface area contributed by atoms with Gasteiger partial charge >= 0.3 is 5.91 Å². The number of benzene rings is 1. The van der Waals surface area contributed by atoms with Crippen LogP contribution in [-0.4, -0.2) is 10.9 Å². The Labute approximate surface area is 88.2 Å². The van der Waals surface area contributed by atoms with E-state index in [0.717, 1.165) is 10.9 Å². The number of carbonyl (C=O) groups is 1. The molecule has 0 saturated carbocycles. The lowest BCUT2D eigenvalue weighted by molar-refractivity contribution is 0.0969. The number of primary amides is 1. The van der Waals surface area contributed by atoms with Crippen LogP contribution in [0.5, 0.6) is 0 Å². The Morgan fingerprint density at radius 1 is 1.57 bits per heavy atom. The molecule has 4 nitrogen and oxygen atoms in total. The van der Waals surface area contributed by atoms with Gasteiger partial charge in [0, 0.05) is 5.33 Å². The SMILES string of the molecule is NC(=O)c1nc2cc(CBr)ccc2o1. The maximum absolute atomic E-state index is 10.8. The Hall–Kier alpha value is -1.36. The molecular formula is C9H7BrN2O2. The molecule has 0 fully saturated rings. The summed E-state index contributed by atoms with van der Waals surface area (Å²) < 4.78 is 5.13. The van der Waals surface area contributed by atoms with Gasteiger partial charge in [-0.3, -0.25) is 4.79 Å². The molecule has 2 rings (SSSR count). The molecule has 72 valence electrons. The summed E-state index contributed by atoms with van der Waals surface area (Å²) >= 11 is 3.33. The maximum Gasteiger partial charge on any atom is 0.304 e. The van der Waals surface area contributed by atoms with E-state index < -0.39 is 5.91 Å². The van der Waals surface area contributed by atoms with E-state index in [9.17, 15) is 4.79 Å². The van der Waals surface area contributed by atoms with Crippen LogP contribution >= 0.6 is 15.9 Å². The zero-order valence-corrected chi connectivity index (χ0v) is 8.74. The van der Waals surface area contributed by atoms with E-state index in [4.69, 9.17) is 10.2 Å². The van der Waals surface area contributed by atoms with Crippen molar-refractivity contribution in [1.82, 2.24) is 4.98 Å². The summed E-state index contributed by atoms with van der Waals surface area (Å²) in [5.41, 5.74) is 7.34. The number of nitrogens with two attached hydrogens (primary N) is 1. The van der Waals surface area contributed by atoms with Crippen LogP contribution in [-0.2, 0) is 5.33 Å². The normalized spacial score (nSPS) is 10.6. The van der Waals surface area contributed by atoms with Gasteiger partial charge in [-0.15, -0.1) is 0 Å². The highest BCUT2D eigenvalue weighted by molar-refractivity contribution is 9.08. The molecule has 14 heavy (non-hydrogen) atoms. The zero-order chi connectivity index (χ0) is 10.1. The molecule has 2 aromatic rings. The summed E-state index contributed by atoms with van der Waals surface area (Å²) in [6.07, 6.45) is 0. The first-order valence-corrected chi connectivity index (χ1v) is 5.08. The summed E-state index contributed by atoms with van der Waals surface area (Å²) in [4.78, 5) is 14.7. The molecule has 0 aliphatic carbocycles. The lowest BCUT2D eigenvalue weighted by Gasteiger charge is -1.91. The van der Waals surface area contributed by atoms with Crippen LogP contribution < -0.4 is 5.73 Å². The topological polar surface area (TPSA) is 69.1 Å². The van der Waals surface area contributed by atoms with Crippen LogP contribution in [0.1, 0.15) is 16.2 Å². The molecule has 0 spiro atoms. The fourth-order valence-electron chi connectivity index (χ4n) is 1.16. The number of rotatable bonds is 2. The minimum absolute atomic E-state index is 0.0493. The van der Waals surface area contributed by atoms with Gasteiger partial charge in [0.2, 0.25) is 0 Å². The third kappa shape index (κ3) is 1.50. The van der Waals surface area contributed by atoms with Crippen LogP contribution in [0.15, 0.2) is 22.6 Å². The van der Waals surface area contributed by atoms with Gasteiger partial charge in [-0.1, -0.05) is 22.0 Å². The quantitative estimate of drug-likeness (QED) is 0.832. The van der Waals surface area contributed by atoms with Gasteiger partial charge < -0.3 is 10.2 Å². The van der Waals surface area contributed by atoms with Crippen LogP contribution in [0, 0.1) is 0 Å². The van der Waals surface area contributed by atoms with Gasteiger partial charge in [0.05, 0.1) is 0 Å². The maximum atomic E-state index is 10.8. The number of aromatic nitrogens is 1. The average molecular weight is 255 g/mol. The van der Waals surface area contributed by atoms with Gasteiger partial charge in [0.25, 0.3) is 5.89 Å². The number of oxazole rings is 1. The van der Waals surface area contributed by atoms with Gasteiger partial charge in [0.15, 0.2) is 5.58 Å². The van der Waals surface area contributed by atoms with Crippen molar-refractivity contribution in [3.05, 3.63) is 29.7 Å². The predicted molar refractivity (Wildman–Crippen MR) is 55.2 cm³/mol. The fraction of sp³-hybridized carbons (Fsp3) is 0.111. The average Bonchev–Trinajstić information content (AvgIpc) is 2.59. The summed E-state index contributed by atoms with van der Waals surface area (Å²) in [5, 5.41) is 0.738. The van der Waals surface area contributed by atoms with Crippen LogP contribution in [0.3, 0.4) is 0 Å². The Morgan fingerprint density at radius 3 is 3.00 bits per heavy atom. The van der Waals surface area contributed by atoms with Crippen LogP contribution in [0.2, 0.25) is 0 Å². The number of fused-ring (bicyclic) bond motifs is 1. The number of carbonyl (C=O) groups excluding carboxylic acids is 1. The van der Waals surface area contributed by atoms with Gasteiger partial charge in [-0.05, 0) is 17.7 Å². The first kappa shape index (κ1) is 9.21. The van der Waals surface area contributed by atoms with Crippen molar-refractivity contribution in [3.63, 3.8) is 0 Å². The Morgan fingerprint density at radius 2 is 2.36 bits per heavy atom. The highest BCUT2D eigenvalue weighted by Gasteiger charge is 2.10. The molecule has 0 bridgehead atoms. The van der Waals surface area contributed by atoms with Crippen molar-refractivity contribution in [2.24, 2.45) is 5.73 Å². The molecule has 0 unspecified atom stereocenters. The molecule has 0 atom stereocenters. The number of nitrogens with zero attached hydrogens (tertiary/aromatic N) is 1. The second-order valence-electron chi connectivity index (χ2n) is 2.82. The summed E-state index contributed by atoms with van der Waals surface area (Å²) in [6.45, 7) is 0. The molecule has 1 heterocycles. The number of alkyl halides is 1. The first-order valence-electron chi connectivity index (χ1n) is 3.96. The van der Waals surface area contributed by atoms with Crippen molar-refractivity contribution in [2.45, 2.75) is 5.33 Å². The van der Waals surface area contributed by atoms with E-state index >= 15 is 0 Å². The molecule has 0 saturated heterocycles. The van der Waals surface area contributed by atoms with E-state index in [1.807, 2.05) is 12.1 Å². The minimum Gasteiger partial charge on any atom is -0.432 e. The zero-order valence-electron chi connectivity index (χ0n) is 7.16. The number of amides is 1. The second kappa shape index (κ2) is 3.42. The highest BCUT2D eigenvalue weighted by Crippen LogP contribution is 2.18. The smallest absolute Gasteiger partial charge is 0.304 e. The lowest BCUT2D eigenvalue weighted by atomic mass is 10.2. The lowest BCUT2D eigenvalue weighted by Crippen LogP contribution is -2.10. The monoisotopic (exact) mass is 254 g/mol. The van der Waals surface area contributed by atoms with E-state index in [0.29, 0.717) is 11.1 Å². The molecule has 1 aromatic carbocycles. The van der Waals surface area contributed by atoms with Crippen molar-refractivity contribution < 1.29 is 9.21 Å². The third-order valence-corrected chi connectivity index (χ3v) is 2.46. The van der Waals surface area contributed by atoms with Crippen LogP contribution in [0.25, 0.3) is 11.1 Å². The molecule has 0 radical (unpaired) electrons. The van der Waals surface area contributed by atoms with Gasteiger partial charge in [-0.2, -0.15) is 0 Å². The minimum atomic E-state index is -0.651.